The van der Waals surface area contributed by atoms with Gasteiger partial charge in [0.1, 0.15) is 13.1 Å². The van der Waals surface area contributed by atoms with Crippen molar-refractivity contribution in [2.45, 2.75) is 38.8 Å². The third-order valence-electron chi connectivity index (χ3n) is 5.61. The molecule has 2 nitrogen and oxygen atoms in total. The molecule has 0 aromatic heterocycles. The molecule has 2 aromatic carbocycles. The second kappa shape index (κ2) is 10.3. The van der Waals surface area contributed by atoms with Crippen LogP contribution in [0.3, 0.4) is 0 Å². The normalized spacial score (nSPS) is 20.2. The fraction of sp³-hybridized carbons (Fsp3) is 0.455. The molecule has 0 atom stereocenters. The molecule has 0 unspecified atom stereocenters. The number of quaternary nitrogens is 2. The largest absolute Gasteiger partial charge is 0.342 e. The fourth-order valence-electron chi connectivity index (χ4n) is 3.98. The van der Waals surface area contributed by atoms with Gasteiger partial charge >= 0.3 is 0 Å². The molecule has 0 radical (unpaired) electrons. The highest BCUT2D eigenvalue weighted by Crippen LogP contribution is 2.27. The van der Waals surface area contributed by atoms with Gasteiger partial charge in [-0.1, -0.05) is 59.6 Å². The molecule has 0 bridgehead atoms. The first-order chi connectivity index (χ1) is 12.7. The molecule has 0 amide bonds. The van der Waals surface area contributed by atoms with Crippen molar-refractivity contribution in [1.29, 1.82) is 0 Å². The molecule has 0 aliphatic heterocycles. The maximum atomic E-state index is 6.24. The molecule has 1 aliphatic rings. The monoisotopic (exact) mass is 392 g/mol. The van der Waals surface area contributed by atoms with Gasteiger partial charge in [0, 0.05) is 33.0 Å². The van der Waals surface area contributed by atoms with E-state index in [1.54, 1.807) is 0 Å². The van der Waals surface area contributed by atoms with Gasteiger partial charge < -0.3 is 10.6 Å². The van der Waals surface area contributed by atoms with Crippen molar-refractivity contribution >= 4 is 23.2 Å². The van der Waals surface area contributed by atoms with Gasteiger partial charge in [0.2, 0.25) is 0 Å². The van der Waals surface area contributed by atoms with E-state index in [0.29, 0.717) is 0 Å². The quantitative estimate of drug-likeness (QED) is 0.687. The number of hydrogen-bond donors (Lipinski definition) is 2. The minimum absolute atomic E-state index is 0.859. The summed E-state index contributed by atoms with van der Waals surface area (Å²) in [5, 5.41) is 6.63. The van der Waals surface area contributed by atoms with Crippen molar-refractivity contribution in [2.24, 2.45) is 11.8 Å². The average molecular weight is 393 g/mol. The Labute approximate surface area is 167 Å². The Kier molecular flexibility index (Phi) is 7.82. The first-order valence-electron chi connectivity index (χ1n) is 9.82. The highest BCUT2D eigenvalue weighted by Gasteiger charge is 2.23. The van der Waals surface area contributed by atoms with Gasteiger partial charge in [-0.3, -0.25) is 0 Å². The molecule has 2 aromatic rings. The number of nitrogens with two attached hydrogens (primary N) is 2. The number of rotatable bonds is 8. The zero-order valence-corrected chi connectivity index (χ0v) is 16.9. The van der Waals surface area contributed by atoms with Crippen LogP contribution in [0, 0.1) is 11.8 Å². The molecule has 26 heavy (non-hydrogen) atoms. The molecule has 140 valence electrons. The first-order valence-corrected chi connectivity index (χ1v) is 10.6. The van der Waals surface area contributed by atoms with Gasteiger partial charge in [0.15, 0.2) is 0 Å². The van der Waals surface area contributed by atoms with E-state index in [-0.39, 0.29) is 0 Å². The molecule has 1 saturated carbocycles. The van der Waals surface area contributed by atoms with Crippen LogP contribution in [-0.2, 0) is 13.1 Å². The lowest BCUT2D eigenvalue weighted by Gasteiger charge is -2.26. The molecule has 0 saturated heterocycles. The highest BCUT2D eigenvalue weighted by molar-refractivity contribution is 6.31. The predicted octanol–water partition coefficient (Wildman–Crippen LogP) is 3.63. The van der Waals surface area contributed by atoms with Gasteiger partial charge in [-0.15, -0.1) is 0 Å². The summed E-state index contributed by atoms with van der Waals surface area (Å²) in [6.07, 6.45) is 5.46. The molecule has 1 fully saturated rings. The van der Waals surface area contributed by atoms with Crippen LogP contribution < -0.4 is 10.6 Å². The number of halogens is 2. The van der Waals surface area contributed by atoms with E-state index in [9.17, 15) is 0 Å². The minimum Gasteiger partial charge on any atom is -0.342 e. The summed E-state index contributed by atoms with van der Waals surface area (Å²) < 4.78 is 0. The van der Waals surface area contributed by atoms with E-state index in [0.717, 1.165) is 35.0 Å². The van der Waals surface area contributed by atoms with Crippen LogP contribution >= 0.6 is 23.2 Å². The van der Waals surface area contributed by atoms with Crippen molar-refractivity contribution in [3.05, 3.63) is 69.7 Å². The van der Waals surface area contributed by atoms with E-state index >= 15 is 0 Å². The van der Waals surface area contributed by atoms with Crippen LogP contribution in [-0.4, -0.2) is 13.1 Å². The topological polar surface area (TPSA) is 33.2 Å². The Morgan fingerprint density at radius 3 is 1.42 bits per heavy atom. The number of benzene rings is 2. The average Bonchev–Trinajstić information content (AvgIpc) is 2.66. The Hall–Kier alpha value is -1.06. The van der Waals surface area contributed by atoms with Crippen LogP contribution in [0.15, 0.2) is 48.5 Å². The van der Waals surface area contributed by atoms with Crippen LogP contribution in [0.1, 0.15) is 36.8 Å². The Morgan fingerprint density at radius 1 is 0.654 bits per heavy atom. The summed E-state index contributed by atoms with van der Waals surface area (Å²) in [6.45, 7) is 4.43. The van der Waals surface area contributed by atoms with Crippen LogP contribution in [0.4, 0.5) is 0 Å². The lowest BCUT2D eigenvalue weighted by molar-refractivity contribution is -0.680. The Bertz CT molecular complexity index is 622. The van der Waals surface area contributed by atoms with Crippen molar-refractivity contribution in [3.63, 3.8) is 0 Å². The van der Waals surface area contributed by atoms with Crippen LogP contribution in [0.5, 0.6) is 0 Å². The van der Waals surface area contributed by atoms with Crippen molar-refractivity contribution in [2.75, 3.05) is 13.1 Å². The highest BCUT2D eigenvalue weighted by atomic mass is 35.5. The van der Waals surface area contributed by atoms with Crippen LogP contribution in [0.25, 0.3) is 0 Å². The summed E-state index contributed by atoms with van der Waals surface area (Å²) in [4.78, 5) is 0. The molecule has 4 heteroatoms. The van der Waals surface area contributed by atoms with Gasteiger partial charge in [0.25, 0.3) is 0 Å². The van der Waals surface area contributed by atoms with E-state index in [1.165, 1.54) is 49.9 Å². The Morgan fingerprint density at radius 2 is 1.04 bits per heavy atom. The molecule has 0 heterocycles. The fourth-order valence-corrected chi connectivity index (χ4v) is 4.41. The standard InChI is InChI=1S/C22H28Cl2N2/c23-21-7-3-1-5-19(21)15-25-13-17-9-11-18(12-10-17)14-26-16-20-6-2-4-8-22(20)24/h1-8,17-18,25-26H,9-16H2/p+2. The smallest absolute Gasteiger partial charge is 0.103 e. The van der Waals surface area contributed by atoms with E-state index < -0.39 is 0 Å². The first kappa shape index (κ1) is 19.7. The molecular formula is C22H30Cl2N2+2. The van der Waals surface area contributed by atoms with Gasteiger partial charge in [-0.05, 0) is 37.8 Å². The summed E-state index contributed by atoms with van der Waals surface area (Å²) in [7, 11) is 0. The lowest BCUT2D eigenvalue weighted by atomic mass is 9.82. The molecule has 1 aliphatic carbocycles. The van der Waals surface area contributed by atoms with E-state index in [4.69, 9.17) is 23.2 Å². The zero-order valence-electron chi connectivity index (χ0n) is 15.3. The van der Waals surface area contributed by atoms with Crippen molar-refractivity contribution in [3.8, 4) is 0 Å². The predicted molar refractivity (Wildman–Crippen MR) is 109 cm³/mol. The van der Waals surface area contributed by atoms with Crippen molar-refractivity contribution < 1.29 is 10.6 Å². The summed E-state index contributed by atoms with van der Waals surface area (Å²) in [5.41, 5.74) is 2.49. The summed E-state index contributed by atoms with van der Waals surface area (Å²) >= 11 is 12.5. The maximum Gasteiger partial charge on any atom is 0.103 e. The molecule has 4 N–H and O–H groups in total. The molecule has 0 spiro atoms. The second-order valence-electron chi connectivity index (χ2n) is 7.53. The zero-order chi connectivity index (χ0) is 18.2. The third kappa shape index (κ3) is 5.99. The third-order valence-corrected chi connectivity index (χ3v) is 6.35. The second-order valence-corrected chi connectivity index (χ2v) is 8.34. The van der Waals surface area contributed by atoms with E-state index in [1.807, 2.05) is 24.3 Å². The van der Waals surface area contributed by atoms with Crippen molar-refractivity contribution in [1.82, 2.24) is 0 Å². The molecular weight excluding hydrogens is 363 g/mol. The van der Waals surface area contributed by atoms with E-state index in [2.05, 4.69) is 34.9 Å². The lowest BCUT2D eigenvalue weighted by Crippen LogP contribution is -2.84. The maximum absolute atomic E-state index is 6.24. The SMILES string of the molecule is Clc1ccccc1C[NH2+]CC1CCC(C[NH2+]Cc2ccccc2Cl)CC1. The van der Waals surface area contributed by atoms with Gasteiger partial charge in [-0.25, -0.2) is 0 Å². The Balaban J connectivity index is 1.30. The number of hydrogen-bond acceptors (Lipinski definition) is 0. The summed E-state index contributed by atoms with van der Waals surface area (Å²) in [6, 6.07) is 16.4. The van der Waals surface area contributed by atoms with Gasteiger partial charge in [-0.2, -0.15) is 0 Å². The van der Waals surface area contributed by atoms with Crippen LogP contribution in [0.2, 0.25) is 10.0 Å². The van der Waals surface area contributed by atoms with Gasteiger partial charge in [0.05, 0.1) is 13.1 Å². The minimum atomic E-state index is 0.859. The summed E-state index contributed by atoms with van der Waals surface area (Å²) in [5.74, 6) is 1.72. The molecule has 3 rings (SSSR count).